The number of hydrogen-bond acceptors (Lipinski definition) is 2. The molecule has 0 fully saturated rings. The first kappa shape index (κ1) is 12.4. The van der Waals surface area contributed by atoms with Crippen molar-refractivity contribution in [1.29, 1.82) is 0 Å². The van der Waals surface area contributed by atoms with Crippen molar-refractivity contribution in [3.63, 3.8) is 0 Å². The van der Waals surface area contributed by atoms with Crippen molar-refractivity contribution in [3.8, 4) is 0 Å². The molecule has 0 aliphatic heterocycles. The summed E-state index contributed by atoms with van der Waals surface area (Å²) in [6, 6.07) is 10.6. The van der Waals surface area contributed by atoms with Gasteiger partial charge in [0, 0.05) is 21.7 Å². The molecule has 0 saturated heterocycles. The van der Waals surface area contributed by atoms with Gasteiger partial charge in [0.1, 0.15) is 11.5 Å². The van der Waals surface area contributed by atoms with Gasteiger partial charge in [0.2, 0.25) is 0 Å². The van der Waals surface area contributed by atoms with Crippen molar-refractivity contribution >= 4 is 33.9 Å². The van der Waals surface area contributed by atoms with Gasteiger partial charge in [-0.1, -0.05) is 6.07 Å². The monoisotopic (exact) mass is 367 g/mol. The van der Waals surface area contributed by atoms with Gasteiger partial charge < -0.3 is 9.72 Å². The van der Waals surface area contributed by atoms with Crippen molar-refractivity contribution in [1.82, 2.24) is 9.38 Å². The highest BCUT2D eigenvalue weighted by Gasteiger charge is 2.03. The maximum atomic E-state index is 13.0. The number of hydrogen-bond donors (Lipinski definition) is 1. The van der Waals surface area contributed by atoms with Crippen LogP contribution in [0.15, 0.2) is 48.8 Å². The lowest BCUT2D eigenvalue weighted by molar-refractivity contribution is 0.627. The lowest BCUT2D eigenvalue weighted by atomic mass is 10.3. The van der Waals surface area contributed by atoms with Crippen LogP contribution in [0.3, 0.4) is 0 Å². The average Bonchev–Trinajstić information content (AvgIpc) is 2.80. The molecule has 5 heteroatoms. The number of imidazole rings is 1. The fourth-order valence-electron chi connectivity index (χ4n) is 1.89. The molecule has 0 aliphatic rings. The fourth-order valence-corrected chi connectivity index (χ4v) is 2.56. The van der Waals surface area contributed by atoms with E-state index < -0.39 is 0 Å². The molecule has 96 valence electrons. The van der Waals surface area contributed by atoms with Crippen LogP contribution >= 0.6 is 22.6 Å². The van der Waals surface area contributed by atoms with E-state index >= 15 is 0 Å². The third kappa shape index (κ3) is 2.70. The van der Waals surface area contributed by atoms with Crippen LogP contribution in [0.2, 0.25) is 0 Å². The third-order valence-electron chi connectivity index (χ3n) is 2.80. The second kappa shape index (κ2) is 5.16. The van der Waals surface area contributed by atoms with Crippen LogP contribution in [0.5, 0.6) is 0 Å². The zero-order chi connectivity index (χ0) is 13.2. The molecule has 0 amide bonds. The standard InChI is InChI=1S/C14H11FIN3/c15-10-4-5-13(12(16)7-10)17-8-11-9-19-6-2-1-3-14(19)18-11/h1-7,9,17H,8H2. The Morgan fingerprint density at radius 3 is 2.95 bits per heavy atom. The summed E-state index contributed by atoms with van der Waals surface area (Å²) in [6.07, 6.45) is 3.95. The van der Waals surface area contributed by atoms with E-state index in [0.717, 1.165) is 20.6 Å². The maximum Gasteiger partial charge on any atom is 0.137 e. The van der Waals surface area contributed by atoms with Crippen LogP contribution in [0, 0.1) is 9.39 Å². The molecule has 0 aliphatic carbocycles. The Bertz CT molecular complexity index is 691. The van der Waals surface area contributed by atoms with Gasteiger partial charge in [-0.3, -0.25) is 0 Å². The molecular formula is C14H11FIN3. The Labute approximate surface area is 123 Å². The first-order valence-corrected chi connectivity index (χ1v) is 6.92. The third-order valence-corrected chi connectivity index (χ3v) is 3.70. The largest absolute Gasteiger partial charge is 0.378 e. The van der Waals surface area contributed by atoms with Crippen LogP contribution in [0.4, 0.5) is 10.1 Å². The predicted molar refractivity (Wildman–Crippen MR) is 81.6 cm³/mol. The number of pyridine rings is 1. The predicted octanol–water partition coefficient (Wildman–Crippen LogP) is 3.69. The summed E-state index contributed by atoms with van der Waals surface area (Å²) in [4.78, 5) is 4.50. The number of nitrogens with one attached hydrogen (secondary N) is 1. The number of fused-ring (bicyclic) bond motifs is 1. The van der Waals surface area contributed by atoms with Gasteiger partial charge >= 0.3 is 0 Å². The summed E-state index contributed by atoms with van der Waals surface area (Å²) >= 11 is 2.11. The normalized spacial score (nSPS) is 10.8. The van der Waals surface area contributed by atoms with Crippen LogP contribution in [0.1, 0.15) is 5.69 Å². The Kier molecular flexibility index (Phi) is 3.37. The van der Waals surface area contributed by atoms with Gasteiger partial charge in [-0.05, 0) is 52.9 Å². The Hall–Kier alpha value is -1.63. The summed E-state index contributed by atoms with van der Waals surface area (Å²) in [5, 5.41) is 3.27. The molecule has 2 heterocycles. The highest BCUT2D eigenvalue weighted by Crippen LogP contribution is 2.19. The van der Waals surface area contributed by atoms with Crippen LogP contribution < -0.4 is 5.32 Å². The van der Waals surface area contributed by atoms with Crippen molar-refractivity contribution < 1.29 is 4.39 Å². The summed E-state index contributed by atoms with van der Waals surface area (Å²) in [5.41, 5.74) is 2.79. The molecule has 1 N–H and O–H groups in total. The zero-order valence-corrected chi connectivity index (χ0v) is 12.1. The summed E-state index contributed by atoms with van der Waals surface area (Å²) < 4.78 is 15.8. The van der Waals surface area contributed by atoms with Crippen molar-refractivity contribution in [2.45, 2.75) is 6.54 Å². The van der Waals surface area contributed by atoms with Gasteiger partial charge in [0.15, 0.2) is 0 Å². The second-order valence-electron chi connectivity index (χ2n) is 4.18. The lowest BCUT2D eigenvalue weighted by Crippen LogP contribution is -2.01. The number of nitrogens with zero attached hydrogens (tertiary/aromatic N) is 2. The van der Waals surface area contributed by atoms with Gasteiger partial charge in [0.05, 0.1) is 12.2 Å². The van der Waals surface area contributed by atoms with E-state index in [2.05, 4.69) is 32.9 Å². The van der Waals surface area contributed by atoms with E-state index in [4.69, 9.17) is 0 Å². The van der Waals surface area contributed by atoms with E-state index in [9.17, 15) is 4.39 Å². The molecule has 0 radical (unpaired) electrons. The number of anilines is 1. The van der Waals surface area contributed by atoms with Crippen LogP contribution in [-0.4, -0.2) is 9.38 Å². The minimum Gasteiger partial charge on any atom is -0.378 e. The fraction of sp³-hybridized carbons (Fsp3) is 0.0714. The molecule has 1 aromatic carbocycles. The molecule has 0 spiro atoms. The Morgan fingerprint density at radius 2 is 2.16 bits per heavy atom. The smallest absolute Gasteiger partial charge is 0.137 e. The number of halogens is 2. The van der Waals surface area contributed by atoms with Crippen LogP contribution in [-0.2, 0) is 6.54 Å². The molecule has 0 atom stereocenters. The highest BCUT2D eigenvalue weighted by molar-refractivity contribution is 14.1. The Morgan fingerprint density at radius 1 is 1.26 bits per heavy atom. The molecule has 19 heavy (non-hydrogen) atoms. The summed E-state index contributed by atoms with van der Waals surface area (Å²) in [7, 11) is 0. The highest BCUT2D eigenvalue weighted by atomic mass is 127. The summed E-state index contributed by atoms with van der Waals surface area (Å²) in [6.45, 7) is 0.614. The van der Waals surface area contributed by atoms with Crippen molar-refractivity contribution in [2.24, 2.45) is 0 Å². The lowest BCUT2D eigenvalue weighted by Gasteiger charge is -2.06. The van der Waals surface area contributed by atoms with E-state index in [1.807, 2.05) is 35.0 Å². The van der Waals surface area contributed by atoms with Gasteiger partial charge in [-0.2, -0.15) is 0 Å². The molecule has 0 saturated carbocycles. The zero-order valence-electron chi connectivity index (χ0n) is 9.98. The molecular weight excluding hydrogens is 356 g/mol. The van der Waals surface area contributed by atoms with Crippen molar-refractivity contribution in [3.05, 3.63) is 63.9 Å². The Balaban J connectivity index is 1.78. The van der Waals surface area contributed by atoms with E-state index in [1.54, 1.807) is 6.07 Å². The maximum absolute atomic E-state index is 13.0. The average molecular weight is 367 g/mol. The number of benzene rings is 1. The van der Waals surface area contributed by atoms with E-state index in [1.165, 1.54) is 12.1 Å². The van der Waals surface area contributed by atoms with Gasteiger partial charge in [-0.25, -0.2) is 9.37 Å². The number of aromatic nitrogens is 2. The van der Waals surface area contributed by atoms with E-state index in [-0.39, 0.29) is 5.82 Å². The second-order valence-corrected chi connectivity index (χ2v) is 5.34. The van der Waals surface area contributed by atoms with Gasteiger partial charge in [0.25, 0.3) is 0 Å². The molecule has 3 rings (SSSR count). The first-order chi connectivity index (χ1) is 9.22. The summed E-state index contributed by atoms with van der Waals surface area (Å²) in [5.74, 6) is -0.220. The molecule has 0 unspecified atom stereocenters. The molecule has 3 aromatic rings. The molecule has 2 aromatic heterocycles. The van der Waals surface area contributed by atoms with E-state index in [0.29, 0.717) is 6.54 Å². The van der Waals surface area contributed by atoms with Crippen LogP contribution in [0.25, 0.3) is 5.65 Å². The molecule has 3 nitrogen and oxygen atoms in total. The molecule has 0 bridgehead atoms. The first-order valence-electron chi connectivity index (χ1n) is 5.84. The minimum absolute atomic E-state index is 0.220. The minimum atomic E-state index is -0.220. The van der Waals surface area contributed by atoms with Gasteiger partial charge in [-0.15, -0.1) is 0 Å². The topological polar surface area (TPSA) is 29.3 Å². The number of rotatable bonds is 3. The van der Waals surface area contributed by atoms with Crippen molar-refractivity contribution in [2.75, 3.05) is 5.32 Å². The SMILES string of the molecule is Fc1ccc(NCc2cn3ccccc3n2)c(I)c1. The quantitative estimate of drug-likeness (QED) is 0.716.